The van der Waals surface area contributed by atoms with Gasteiger partial charge in [0.05, 0.1) is 6.61 Å². The molecule has 0 bridgehead atoms. The zero-order valence-electron chi connectivity index (χ0n) is 8.65. The van der Waals surface area contributed by atoms with Gasteiger partial charge < -0.3 is 10.1 Å². The van der Waals surface area contributed by atoms with E-state index in [4.69, 9.17) is 0 Å². The molecule has 1 aliphatic heterocycles. The van der Waals surface area contributed by atoms with Gasteiger partial charge >= 0.3 is 5.97 Å². The highest BCUT2D eigenvalue weighted by Gasteiger charge is 2.27. The molecule has 6 heteroatoms. The van der Waals surface area contributed by atoms with Crippen molar-refractivity contribution < 1.29 is 18.5 Å². The van der Waals surface area contributed by atoms with Crippen molar-refractivity contribution in [2.75, 3.05) is 18.1 Å². The molecule has 1 saturated heterocycles. The zero-order valence-corrected chi connectivity index (χ0v) is 9.47. The summed E-state index contributed by atoms with van der Waals surface area (Å²) in [5, 5.41) is 2.51. The summed E-state index contributed by atoms with van der Waals surface area (Å²) in [6.45, 7) is 2.26. The lowest BCUT2D eigenvalue weighted by molar-refractivity contribution is -0.141. The molecular weight excluding hydrogens is 218 g/mol. The van der Waals surface area contributed by atoms with Crippen LogP contribution >= 0.6 is 0 Å². The quantitative estimate of drug-likeness (QED) is 0.654. The fraction of sp³-hybridized carbons (Fsp3) is 0.778. The zero-order chi connectivity index (χ0) is 11.3. The van der Waals surface area contributed by atoms with Gasteiger partial charge in [-0.15, -0.1) is 0 Å². The number of nitrogens with one attached hydrogen (secondary N) is 1. The Labute approximate surface area is 91.0 Å². The van der Waals surface area contributed by atoms with Gasteiger partial charge in [0, 0.05) is 23.0 Å². The average Bonchev–Trinajstić information content (AvgIpc) is 2.52. The highest BCUT2D eigenvalue weighted by atomic mass is 32.2. The number of cyclic esters (lactones) is 1. The minimum atomic E-state index is -1.13. The number of esters is 1. The van der Waals surface area contributed by atoms with Crippen molar-refractivity contribution >= 4 is 22.7 Å². The molecule has 2 atom stereocenters. The first-order valence-corrected chi connectivity index (χ1v) is 6.43. The number of amides is 1. The van der Waals surface area contributed by atoms with Gasteiger partial charge in [0.15, 0.2) is 0 Å². The third-order valence-corrected chi connectivity index (χ3v) is 3.44. The van der Waals surface area contributed by atoms with E-state index in [9.17, 15) is 13.8 Å². The lowest BCUT2D eigenvalue weighted by Crippen LogP contribution is -2.40. The summed E-state index contributed by atoms with van der Waals surface area (Å²) in [7, 11) is -1.13. The van der Waals surface area contributed by atoms with E-state index in [1.165, 1.54) is 0 Å². The van der Waals surface area contributed by atoms with E-state index in [0.29, 0.717) is 18.8 Å². The Hall–Kier alpha value is -0.910. The summed E-state index contributed by atoms with van der Waals surface area (Å²) in [5.41, 5.74) is 0. The van der Waals surface area contributed by atoms with Gasteiger partial charge in [0.2, 0.25) is 5.91 Å². The van der Waals surface area contributed by atoms with Gasteiger partial charge in [0.1, 0.15) is 11.8 Å². The molecule has 0 aromatic carbocycles. The van der Waals surface area contributed by atoms with Crippen molar-refractivity contribution in [3.63, 3.8) is 0 Å². The van der Waals surface area contributed by atoms with Gasteiger partial charge in [-0.2, -0.15) is 0 Å². The second kappa shape index (κ2) is 5.85. The van der Waals surface area contributed by atoms with E-state index < -0.39 is 22.8 Å². The van der Waals surface area contributed by atoms with E-state index in [2.05, 4.69) is 10.1 Å². The molecule has 1 fully saturated rings. The van der Waals surface area contributed by atoms with Gasteiger partial charge in [-0.1, -0.05) is 6.92 Å². The Morgan fingerprint density at radius 2 is 2.40 bits per heavy atom. The predicted octanol–water partition coefficient (Wildman–Crippen LogP) is -0.423. The minimum absolute atomic E-state index is 0.0301. The molecule has 0 aromatic rings. The van der Waals surface area contributed by atoms with E-state index in [1.807, 2.05) is 6.92 Å². The Balaban J connectivity index is 2.29. The maximum atomic E-state index is 11.3. The van der Waals surface area contributed by atoms with E-state index >= 15 is 0 Å². The largest absolute Gasteiger partial charge is 0.464 e. The second-order valence-electron chi connectivity index (χ2n) is 3.36. The molecule has 1 amide bonds. The molecule has 0 aliphatic carbocycles. The maximum Gasteiger partial charge on any atom is 0.328 e. The van der Waals surface area contributed by atoms with Crippen LogP contribution in [0.25, 0.3) is 0 Å². The highest BCUT2D eigenvalue weighted by molar-refractivity contribution is 7.85. The first-order chi connectivity index (χ1) is 7.13. The summed E-state index contributed by atoms with van der Waals surface area (Å²) in [6.07, 6.45) is 1.29. The van der Waals surface area contributed by atoms with Crippen LogP contribution in [0.1, 0.15) is 19.8 Å². The summed E-state index contributed by atoms with van der Waals surface area (Å²) < 4.78 is 15.9. The molecular formula is C9H15NO4S. The maximum absolute atomic E-state index is 11.3. The van der Waals surface area contributed by atoms with E-state index in [0.717, 1.165) is 6.42 Å². The summed E-state index contributed by atoms with van der Waals surface area (Å²) in [4.78, 5) is 22.3. The van der Waals surface area contributed by atoms with Crippen LogP contribution in [0.15, 0.2) is 0 Å². The number of carbonyl (C=O) groups excluding carboxylic acids is 2. The Bertz CT molecular complexity index is 279. The van der Waals surface area contributed by atoms with Crippen LogP contribution in [0, 0.1) is 0 Å². The molecule has 0 saturated carbocycles. The SMILES string of the molecule is CCCS(=O)CC(=O)N[C@H]1CCOC1=O. The topological polar surface area (TPSA) is 72.5 Å². The minimum Gasteiger partial charge on any atom is -0.464 e. The van der Waals surface area contributed by atoms with Crippen LogP contribution in [0.2, 0.25) is 0 Å². The van der Waals surface area contributed by atoms with Crippen molar-refractivity contribution in [3.05, 3.63) is 0 Å². The van der Waals surface area contributed by atoms with Gasteiger partial charge in [-0.25, -0.2) is 4.79 Å². The standard InChI is InChI=1S/C9H15NO4S/c1-2-5-15(13)6-8(11)10-7-3-4-14-9(7)12/h7H,2-6H2,1H3,(H,10,11)/t7-,15?/m0/s1. The lowest BCUT2D eigenvalue weighted by Gasteiger charge is -2.08. The first kappa shape index (κ1) is 12.2. The van der Waals surface area contributed by atoms with Crippen LogP contribution < -0.4 is 5.32 Å². The molecule has 1 aliphatic rings. The number of ether oxygens (including phenoxy) is 1. The molecule has 1 rings (SSSR count). The highest BCUT2D eigenvalue weighted by Crippen LogP contribution is 2.05. The van der Waals surface area contributed by atoms with Crippen molar-refractivity contribution in [2.45, 2.75) is 25.8 Å². The first-order valence-electron chi connectivity index (χ1n) is 4.94. The van der Waals surface area contributed by atoms with Gasteiger partial charge in [-0.3, -0.25) is 9.00 Å². The fourth-order valence-corrected chi connectivity index (χ4v) is 2.28. The summed E-state index contributed by atoms with van der Waals surface area (Å²) in [6, 6.07) is -0.545. The van der Waals surface area contributed by atoms with Crippen molar-refractivity contribution in [3.8, 4) is 0 Å². The van der Waals surface area contributed by atoms with Crippen LogP contribution in [0.4, 0.5) is 0 Å². The predicted molar refractivity (Wildman–Crippen MR) is 55.7 cm³/mol. The smallest absolute Gasteiger partial charge is 0.328 e. The van der Waals surface area contributed by atoms with Crippen molar-refractivity contribution in [1.29, 1.82) is 0 Å². The number of carbonyl (C=O) groups is 2. The molecule has 0 spiro atoms. The van der Waals surface area contributed by atoms with Crippen LogP contribution in [0.5, 0.6) is 0 Å². The molecule has 0 radical (unpaired) electrons. The molecule has 5 nitrogen and oxygen atoms in total. The molecule has 15 heavy (non-hydrogen) atoms. The lowest BCUT2D eigenvalue weighted by atomic mass is 10.2. The average molecular weight is 233 g/mol. The number of hydrogen-bond acceptors (Lipinski definition) is 4. The van der Waals surface area contributed by atoms with E-state index in [1.54, 1.807) is 0 Å². The Kier molecular flexibility index (Phi) is 4.74. The Morgan fingerprint density at radius 3 is 2.93 bits per heavy atom. The van der Waals surface area contributed by atoms with Crippen LogP contribution in [-0.2, 0) is 25.1 Å². The van der Waals surface area contributed by atoms with Crippen molar-refractivity contribution in [1.82, 2.24) is 5.32 Å². The van der Waals surface area contributed by atoms with Crippen molar-refractivity contribution in [2.24, 2.45) is 0 Å². The van der Waals surface area contributed by atoms with Crippen LogP contribution in [0.3, 0.4) is 0 Å². The van der Waals surface area contributed by atoms with Gasteiger partial charge in [0.25, 0.3) is 0 Å². The molecule has 1 N–H and O–H groups in total. The molecule has 0 aromatic heterocycles. The normalized spacial score (nSPS) is 22.2. The number of hydrogen-bond donors (Lipinski definition) is 1. The Morgan fingerprint density at radius 1 is 1.67 bits per heavy atom. The fourth-order valence-electron chi connectivity index (χ4n) is 1.31. The van der Waals surface area contributed by atoms with Gasteiger partial charge in [-0.05, 0) is 6.42 Å². The third kappa shape index (κ3) is 3.99. The third-order valence-electron chi connectivity index (χ3n) is 1.99. The monoisotopic (exact) mass is 233 g/mol. The molecule has 1 unspecified atom stereocenters. The molecule has 1 heterocycles. The van der Waals surface area contributed by atoms with Crippen LogP contribution in [-0.4, -0.2) is 40.2 Å². The molecule has 86 valence electrons. The summed E-state index contributed by atoms with van der Waals surface area (Å²) >= 11 is 0. The summed E-state index contributed by atoms with van der Waals surface area (Å²) in [5.74, 6) is -0.254. The van der Waals surface area contributed by atoms with E-state index in [-0.39, 0.29) is 11.7 Å². The second-order valence-corrected chi connectivity index (χ2v) is 4.94. The number of rotatable bonds is 5.